The number of anilines is 1. The normalized spacial score (nSPS) is 10.2. The zero-order valence-electron chi connectivity index (χ0n) is 11.6. The molecule has 1 aromatic carbocycles. The zero-order valence-corrected chi connectivity index (χ0v) is 12.4. The summed E-state index contributed by atoms with van der Waals surface area (Å²) in [5, 5.41) is 3.19. The van der Waals surface area contributed by atoms with E-state index in [1.807, 2.05) is 44.3 Å². The molecule has 2 rings (SSSR count). The summed E-state index contributed by atoms with van der Waals surface area (Å²) in [6.07, 6.45) is 0. The first-order valence-corrected chi connectivity index (χ1v) is 6.55. The van der Waals surface area contributed by atoms with Crippen molar-refractivity contribution in [1.29, 1.82) is 0 Å². The third-order valence-electron chi connectivity index (χ3n) is 3.08. The highest BCUT2D eigenvalue weighted by atomic mass is 32.1. The van der Waals surface area contributed by atoms with Crippen molar-refractivity contribution < 1.29 is 0 Å². The van der Waals surface area contributed by atoms with E-state index in [1.54, 1.807) is 16.4 Å². The maximum atomic E-state index is 12.5. The molecular formula is C13H17N5OS. The van der Waals surface area contributed by atoms with Gasteiger partial charge < -0.3 is 5.32 Å². The molecule has 3 N–H and O–H groups in total. The Morgan fingerprint density at radius 3 is 2.50 bits per heavy atom. The van der Waals surface area contributed by atoms with Crippen molar-refractivity contribution in [3.05, 3.63) is 46.4 Å². The van der Waals surface area contributed by atoms with Gasteiger partial charge in [-0.3, -0.25) is 20.3 Å². The summed E-state index contributed by atoms with van der Waals surface area (Å²) < 4.78 is 3.39. The highest BCUT2D eigenvalue weighted by Gasteiger charge is 2.15. The number of hydrazine groups is 1. The molecule has 2 aromatic rings. The number of aromatic nitrogens is 2. The van der Waals surface area contributed by atoms with Gasteiger partial charge in [-0.1, -0.05) is 18.2 Å². The van der Waals surface area contributed by atoms with Crippen LogP contribution >= 0.6 is 12.2 Å². The summed E-state index contributed by atoms with van der Waals surface area (Å²) in [5.41, 5.74) is 7.57. The van der Waals surface area contributed by atoms with Crippen molar-refractivity contribution in [1.82, 2.24) is 20.1 Å². The Labute approximate surface area is 122 Å². The number of rotatable bonds is 3. The topological polar surface area (TPSA) is 63.0 Å². The number of hydrogen-bond donors (Lipinski definition) is 3. The molecule has 0 saturated heterocycles. The van der Waals surface area contributed by atoms with Crippen LogP contribution < -0.4 is 21.7 Å². The third-order valence-corrected chi connectivity index (χ3v) is 3.39. The van der Waals surface area contributed by atoms with Crippen LogP contribution in [-0.4, -0.2) is 21.5 Å². The van der Waals surface area contributed by atoms with Gasteiger partial charge in [0.05, 0.1) is 11.4 Å². The van der Waals surface area contributed by atoms with Crippen molar-refractivity contribution >= 4 is 23.0 Å². The molecule has 7 heteroatoms. The Morgan fingerprint density at radius 1 is 1.25 bits per heavy atom. The highest BCUT2D eigenvalue weighted by Crippen LogP contribution is 2.12. The van der Waals surface area contributed by atoms with Gasteiger partial charge in [0.2, 0.25) is 0 Å². The number of nitrogens with zero attached hydrogens (tertiary/aromatic N) is 2. The maximum absolute atomic E-state index is 12.5. The summed E-state index contributed by atoms with van der Waals surface area (Å²) in [6.45, 7) is 1.87. The van der Waals surface area contributed by atoms with E-state index >= 15 is 0 Å². The molecule has 0 amide bonds. The Hall–Kier alpha value is -2.28. The second-order valence-corrected chi connectivity index (χ2v) is 4.67. The van der Waals surface area contributed by atoms with Crippen molar-refractivity contribution in [3.63, 3.8) is 0 Å². The van der Waals surface area contributed by atoms with E-state index in [2.05, 4.69) is 16.2 Å². The predicted molar refractivity (Wildman–Crippen MR) is 84.2 cm³/mol. The predicted octanol–water partition coefficient (Wildman–Crippen LogP) is 0.905. The maximum Gasteiger partial charge on any atom is 0.296 e. The van der Waals surface area contributed by atoms with E-state index in [1.165, 1.54) is 0 Å². The van der Waals surface area contributed by atoms with Gasteiger partial charge in [0, 0.05) is 14.1 Å². The first kappa shape index (κ1) is 14.1. The van der Waals surface area contributed by atoms with Crippen molar-refractivity contribution in [3.8, 4) is 5.69 Å². The molecule has 0 aliphatic rings. The molecule has 20 heavy (non-hydrogen) atoms. The molecule has 0 saturated carbocycles. The van der Waals surface area contributed by atoms with Crippen LogP contribution in [0.25, 0.3) is 5.69 Å². The molecule has 0 bridgehead atoms. The molecule has 0 atom stereocenters. The van der Waals surface area contributed by atoms with Crippen LogP contribution in [0, 0.1) is 6.92 Å². The van der Waals surface area contributed by atoms with Gasteiger partial charge in [0.15, 0.2) is 5.11 Å². The smallest absolute Gasteiger partial charge is 0.296 e. The summed E-state index contributed by atoms with van der Waals surface area (Å²) in [7, 11) is 3.54. The number of para-hydroxylation sites is 1. The Morgan fingerprint density at radius 2 is 1.90 bits per heavy atom. The fourth-order valence-corrected chi connectivity index (χ4v) is 1.95. The molecule has 0 aliphatic heterocycles. The van der Waals surface area contributed by atoms with Gasteiger partial charge in [0.25, 0.3) is 5.56 Å². The van der Waals surface area contributed by atoms with Gasteiger partial charge in [-0.05, 0) is 31.3 Å². The molecule has 0 unspecified atom stereocenters. The SMILES string of the molecule is CNC(=S)NNc1c(C)n(C)n(-c2ccccc2)c1=O. The van der Waals surface area contributed by atoms with Crippen LogP contribution in [0.3, 0.4) is 0 Å². The number of benzene rings is 1. The van der Waals surface area contributed by atoms with Crippen LogP contribution in [-0.2, 0) is 7.05 Å². The second kappa shape index (κ2) is 5.79. The average Bonchev–Trinajstić information content (AvgIpc) is 2.68. The molecule has 6 nitrogen and oxygen atoms in total. The third kappa shape index (κ3) is 2.53. The molecule has 1 aromatic heterocycles. The summed E-state index contributed by atoms with van der Waals surface area (Å²) in [5.74, 6) is 0. The van der Waals surface area contributed by atoms with Gasteiger partial charge in [-0.15, -0.1) is 0 Å². The number of hydrogen-bond acceptors (Lipinski definition) is 3. The van der Waals surface area contributed by atoms with Crippen molar-refractivity contribution in [2.24, 2.45) is 7.05 Å². The molecule has 0 fully saturated rings. The average molecular weight is 291 g/mol. The lowest BCUT2D eigenvalue weighted by Crippen LogP contribution is -2.38. The van der Waals surface area contributed by atoms with Crippen molar-refractivity contribution in [2.75, 3.05) is 12.5 Å². The first-order valence-electron chi connectivity index (χ1n) is 6.14. The van der Waals surface area contributed by atoms with E-state index < -0.39 is 0 Å². The van der Waals surface area contributed by atoms with Crippen LogP contribution in [0.2, 0.25) is 0 Å². The van der Waals surface area contributed by atoms with E-state index in [0.717, 1.165) is 11.4 Å². The van der Waals surface area contributed by atoms with Crippen LogP contribution in [0.5, 0.6) is 0 Å². The lowest BCUT2D eigenvalue weighted by atomic mass is 10.3. The molecule has 0 spiro atoms. The number of nitrogens with one attached hydrogen (secondary N) is 3. The summed E-state index contributed by atoms with van der Waals surface area (Å²) in [4.78, 5) is 12.5. The van der Waals surface area contributed by atoms with Gasteiger partial charge >= 0.3 is 0 Å². The zero-order chi connectivity index (χ0) is 14.7. The fraction of sp³-hybridized carbons (Fsp3) is 0.231. The minimum absolute atomic E-state index is 0.136. The molecular weight excluding hydrogens is 274 g/mol. The van der Waals surface area contributed by atoms with E-state index in [0.29, 0.717) is 10.8 Å². The molecule has 106 valence electrons. The molecule has 0 aliphatic carbocycles. The number of thiocarbonyl (C=S) groups is 1. The second-order valence-electron chi connectivity index (χ2n) is 4.27. The van der Waals surface area contributed by atoms with Gasteiger partial charge in [-0.25, -0.2) is 4.68 Å². The van der Waals surface area contributed by atoms with Crippen LogP contribution in [0.4, 0.5) is 5.69 Å². The Bertz CT molecular complexity index is 674. The van der Waals surface area contributed by atoms with E-state index in [4.69, 9.17) is 12.2 Å². The van der Waals surface area contributed by atoms with Gasteiger partial charge in [0.1, 0.15) is 5.69 Å². The largest absolute Gasteiger partial charge is 0.364 e. The first-order chi connectivity index (χ1) is 9.56. The molecule has 0 radical (unpaired) electrons. The summed E-state index contributed by atoms with van der Waals surface area (Å²) in [6, 6.07) is 9.47. The minimum Gasteiger partial charge on any atom is -0.364 e. The lowest BCUT2D eigenvalue weighted by Gasteiger charge is -2.08. The highest BCUT2D eigenvalue weighted by molar-refractivity contribution is 7.80. The van der Waals surface area contributed by atoms with E-state index in [9.17, 15) is 4.79 Å². The van der Waals surface area contributed by atoms with Crippen LogP contribution in [0.1, 0.15) is 5.69 Å². The summed E-state index contributed by atoms with van der Waals surface area (Å²) >= 11 is 4.97. The van der Waals surface area contributed by atoms with Crippen molar-refractivity contribution in [2.45, 2.75) is 6.92 Å². The Balaban J connectivity index is 2.42. The minimum atomic E-state index is -0.136. The lowest BCUT2D eigenvalue weighted by molar-refractivity contribution is 0.630. The van der Waals surface area contributed by atoms with Crippen LogP contribution in [0.15, 0.2) is 35.1 Å². The quantitative estimate of drug-likeness (QED) is 0.579. The fourth-order valence-electron chi connectivity index (χ4n) is 1.89. The standard InChI is InChI=1S/C13H17N5OS/c1-9-11(15-16-13(20)14-2)12(19)18(17(9)3)10-7-5-4-6-8-10/h4-8,15H,1-3H3,(H2,14,16,20). The van der Waals surface area contributed by atoms with Gasteiger partial charge in [-0.2, -0.15) is 0 Å². The Kier molecular flexibility index (Phi) is 4.09. The monoisotopic (exact) mass is 291 g/mol. The van der Waals surface area contributed by atoms with E-state index in [-0.39, 0.29) is 5.56 Å². The molecule has 1 heterocycles.